The molecule has 0 saturated heterocycles. The second kappa shape index (κ2) is 6.82. The monoisotopic (exact) mass is 353 g/mol. The Hall–Kier alpha value is -2.83. The van der Waals surface area contributed by atoms with Gasteiger partial charge in [0.25, 0.3) is 5.56 Å². The lowest BCUT2D eigenvalue weighted by atomic mass is 9.96. The van der Waals surface area contributed by atoms with Crippen LogP contribution in [-0.4, -0.2) is 26.6 Å². The third-order valence-corrected chi connectivity index (χ3v) is 5.10. The number of allylic oxidation sites excluding steroid dienone is 1. The number of para-hydroxylation sites is 1. The molecule has 7 heteroatoms. The fourth-order valence-electron chi connectivity index (χ4n) is 3.67. The summed E-state index contributed by atoms with van der Waals surface area (Å²) < 4.78 is 1.56. The van der Waals surface area contributed by atoms with Crippen LogP contribution >= 0.6 is 0 Å². The van der Waals surface area contributed by atoms with Crippen molar-refractivity contribution in [2.45, 2.75) is 51.6 Å². The maximum absolute atomic E-state index is 12.7. The zero-order valence-corrected chi connectivity index (χ0v) is 14.9. The zero-order valence-electron chi connectivity index (χ0n) is 14.9. The van der Waals surface area contributed by atoms with Gasteiger partial charge in [0, 0.05) is 17.9 Å². The van der Waals surface area contributed by atoms with Crippen LogP contribution in [0.2, 0.25) is 0 Å². The van der Waals surface area contributed by atoms with E-state index in [-0.39, 0.29) is 17.6 Å². The van der Waals surface area contributed by atoms with Crippen LogP contribution in [0.3, 0.4) is 0 Å². The Labute approximate surface area is 151 Å². The predicted molar refractivity (Wildman–Crippen MR) is 100 cm³/mol. The topological polar surface area (TPSA) is 79.3 Å². The van der Waals surface area contributed by atoms with Gasteiger partial charge in [0.15, 0.2) is 0 Å². The first kappa shape index (κ1) is 16.6. The second-order valence-electron chi connectivity index (χ2n) is 7.00. The minimum atomic E-state index is -0.207. The standard InChI is InChI=1S/C19H23N5O2/c1-13-11-23-17(21-16-10-6-5-9-15(16)18(23)25)12-24(13)22-19(26)20-14-7-3-2-4-8-14/h5-6,9-11,14H,2-4,7-8,12H2,1H3,(H2,20,22,26). The highest BCUT2D eigenvalue weighted by Gasteiger charge is 2.22. The molecule has 1 saturated carbocycles. The fraction of sp³-hybridized carbons (Fsp3) is 0.421. The van der Waals surface area contributed by atoms with E-state index in [0.29, 0.717) is 23.3 Å². The van der Waals surface area contributed by atoms with Crippen LogP contribution in [0.5, 0.6) is 0 Å². The second-order valence-corrected chi connectivity index (χ2v) is 7.00. The number of urea groups is 1. The van der Waals surface area contributed by atoms with Gasteiger partial charge in [-0.3, -0.25) is 14.4 Å². The van der Waals surface area contributed by atoms with Crippen molar-refractivity contribution in [1.29, 1.82) is 0 Å². The molecule has 1 aromatic carbocycles. The van der Waals surface area contributed by atoms with Crippen LogP contribution in [0.1, 0.15) is 44.9 Å². The molecular weight excluding hydrogens is 330 g/mol. The van der Waals surface area contributed by atoms with Crippen molar-refractivity contribution in [1.82, 2.24) is 25.3 Å². The summed E-state index contributed by atoms with van der Waals surface area (Å²) in [7, 11) is 0. The van der Waals surface area contributed by atoms with E-state index in [1.807, 2.05) is 25.1 Å². The van der Waals surface area contributed by atoms with E-state index in [2.05, 4.69) is 15.7 Å². The lowest BCUT2D eigenvalue weighted by Gasteiger charge is -2.31. The Kier molecular flexibility index (Phi) is 4.36. The summed E-state index contributed by atoms with van der Waals surface area (Å²) in [5.74, 6) is 0.609. The summed E-state index contributed by atoms with van der Waals surface area (Å²) in [5.41, 5.74) is 4.25. The van der Waals surface area contributed by atoms with E-state index in [4.69, 9.17) is 0 Å². The molecule has 0 spiro atoms. The molecule has 2 aliphatic rings. The Bertz CT molecular complexity index is 927. The number of benzene rings is 1. The summed E-state index contributed by atoms with van der Waals surface area (Å²) in [6, 6.07) is 7.35. The van der Waals surface area contributed by atoms with E-state index < -0.39 is 0 Å². The van der Waals surface area contributed by atoms with Crippen molar-refractivity contribution in [2.75, 3.05) is 0 Å². The Morgan fingerprint density at radius 2 is 1.96 bits per heavy atom. The van der Waals surface area contributed by atoms with Gasteiger partial charge in [-0.05, 0) is 31.9 Å². The van der Waals surface area contributed by atoms with Gasteiger partial charge in [0.2, 0.25) is 0 Å². The smallest absolute Gasteiger partial charge is 0.333 e. The van der Waals surface area contributed by atoms with E-state index in [1.165, 1.54) is 19.3 Å². The maximum Gasteiger partial charge on any atom is 0.333 e. The molecule has 2 amide bonds. The zero-order chi connectivity index (χ0) is 18.1. The quantitative estimate of drug-likeness (QED) is 0.870. The number of amides is 2. The number of carbonyl (C=O) groups excluding carboxylic acids is 1. The van der Waals surface area contributed by atoms with Gasteiger partial charge in [-0.1, -0.05) is 31.4 Å². The van der Waals surface area contributed by atoms with Crippen LogP contribution in [0, 0.1) is 0 Å². The first-order chi connectivity index (χ1) is 12.6. The molecule has 0 radical (unpaired) electrons. The fourth-order valence-corrected chi connectivity index (χ4v) is 3.67. The van der Waals surface area contributed by atoms with Gasteiger partial charge in [0.1, 0.15) is 5.82 Å². The molecule has 1 aromatic heterocycles. The number of carbonyl (C=O) groups is 1. The van der Waals surface area contributed by atoms with Gasteiger partial charge in [-0.25, -0.2) is 15.2 Å². The molecule has 2 N–H and O–H groups in total. The molecule has 4 rings (SSSR count). The van der Waals surface area contributed by atoms with Crippen LogP contribution in [0.4, 0.5) is 4.79 Å². The van der Waals surface area contributed by atoms with Crippen molar-refractivity contribution in [3.63, 3.8) is 0 Å². The van der Waals surface area contributed by atoms with Gasteiger partial charge in [0.05, 0.1) is 17.4 Å². The molecule has 0 atom stereocenters. The van der Waals surface area contributed by atoms with Crippen molar-refractivity contribution in [3.05, 3.63) is 46.1 Å². The Morgan fingerprint density at radius 1 is 1.19 bits per heavy atom. The molecule has 26 heavy (non-hydrogen) atoms. The first-order valence-corrected chi connectivity index (χ1v) is 9.15. The average molecular weight is 353 g/mol. The molecule has 1 aliphatic carbocycles. The predicted octanol–water partition coefficient (Wildman–Crippen LogP) is 2.58. The molecule has 1 fully saturated rings. The van der Waals surface area contributed by atoms with Gasteiger partial charge in [-0.2, -0.15) is 0 Å². The third kappa shape index (κ3) is 3.16. The summed E-state index contributed by atoms with van der Waals surface area (Å²) in [5, 5.41) is 5.37. The first-order valence-electron chi connectivity index (χ1n) is 9.15. The van der Waals surface area contributed by atoms with Crippen molar-refractivity contribution < 1.29 is 4.79 Å². The highest BCUT2D eigenvalue weighted by molar-refractivity contribution is 5.78. The van der Waals surface area contributed by atoms with E-state index >= 15 is 0 Å². The third-order valence-electron chi connectivity index (χ3n) is 5.10. The molecule has 0 bridgehead atoms. The normalized spacial score (nSPS) is 17.6. The molecule has 2 aromatic rings. The van der Waals surface area contributed by atoms with Crippen LogP contribution in [0.15, 0.2) is 34.8 Å². The van der Waals surface area contributed by atoms with Gasteiger partial charge >= 0.3 is 6.03 Å². The SMILES string of the molecule is CC1=Cn2c(nc3ccccc3c2=O)CN1NC(=O)NC1CCCCC1. The molecule has 2 heterocycles. The molecule has 136 valence electrons. The summed E-state index contributed by atoms with van der Waals surface area (Å²) in [4.78, 5) is 29.6. The number of aromatic nitrogens is 2. The number of hydrogen-bond acceptors (Lipinski definition) is 4. The average Bonchev–Trinajstić information content (AvgIpc) is 2.64. The lowest BCUT2D eigenvalue weighted by molar-refractivity contribution is 0.188. The lowest BCUT2D eigenvalue weighted by Crippen LogP contribution is -2.51. The van der Waals surface area contributed by atoms with E-state index in [1.54, 1.807) is 21.8 Å². The molecular formula is C19H23N5O2. The minimum absolute atomic E-state index is 0.0868. The van der Waals surface area contributed by atoms with Gasteiger partial charge in [-0.15, -0.1) is 0 Å². The Morgan fingerprint density at radius 3 is 2.77 bits per heavy atom. The van der Waals surface area contributed by atoms with Crippen molar-refractivity contribution >= 4 is 23.1 Å². The van der Waals surface area contributed by atoms with E-state index in [0.717, 1.165) is 18.5 Å². The minimum Gasteiger partial charge on any atom is -0.334 e. The number of nitrogens with zero attached hydrogens (tertiary/aromatic N) is 3. The number of fused-ring (bicyclic) bond motifs is 2. The summed E-state index contributed by atoms with van der Waals surface area (Å²) in [6.45, 7) is 2.21. The summed E-state index contributed by atoms with van der Waals surface area (Å²) in [6.07, 6.45) is 7.38. The number of hydrazine groups is 1. The molecule has 0 unspecified atom stereocenters. The summed E-state index contributed by atoms with van der Waals surface area (Å²) >= 11 is 0. The molecule has 7 nitrogen and oxygen atoms in total. The highest BCUT2D eigenvalue weighted by atomic mass is 16.2. The largest absolute Gasteiger partial charge is 0.334 e. The van der Waals surface area contributed by atoms with Crippen LogP contribution < -0.4 is 16.3 Å². The Balaban J connectivity index is 1.53. The maximum atomic E-state index is 12.7. The number of hydrogen-bond donors (Lipinski definition) is 2. The molecule has 1 aliphatic heterocycles. The van der Waals surface area contributed by atoms with E-state index in [9.17, 15) is 9.59 Å². The van der Waals surface area contributed by atoms with Crippen LogP contribution in [0.25, 0.3) is 17.1 Å². The van der Waals surface area contributed by atoms with Gasteiger partial charge < -0.3 is 5.32 Å². The van der Waals surface area contributed by atoms with Crippen molar-refractivity contribution in [2.24, 2.45) is 0 Å². The number of nitrogens with one attached hydrogen (secondary N) is 2. The highest BCUT2D eigenvalue weighted by Crippen LogP contribution is 2.18. The van der Waals surface area contributed by atoms with Crippen LogP contribution in [-0.2, 0) is 6.54 Å². The van der Waals surface area contributed by atoms with Crippen molar-refractivity contribution in [3.8, 4) is 0 Å². The number of rotatable bonds is 2.